The molecule has 3 nitrogen and oxygen atoms in total. The second-order valence-corrected chi connectivity index (χ2v) is 6.17. The van der Waals surface area contributed by atoms with Gasteiger partial charge in [-0.1, -0.05) is 48.0 Å². The first-order valence-electron chi connectivity index (χ1n) is 7.33. The molecule has 22 heavy (non-hydrogen) atoms. The highest BCUT2D eigenvalue weighted by molar-refractivity contribution is 6.30. The Morgan fingerprint density at radius 1 is 1.18 bits per heavy atom. The first-order chi connectivity index (χ1) is 10.6. The van der Waals surface area contributed by atoms with E-state index in [-0.39, 0.29) is 11.9 Å². The van der Waals surface area contributed by atoms with E-state index in [2.05, 4.69) is 12.1 Å². The molecular formula is C18H18ClNO2. The summed E-state index contributed by atoms with van der Waals surface area (Å²) in [7, 11) is 1.76. The fraction of sp³-hybridized carbons (Fsp3) is 0.278. The van der Waals surface area contributed by atoms with Crippen LogP contribution in [0.15, 0.2) is 48.5 Å². The third kappa shape index (κ3) is 2.87. The van der Waals surface area contributed by atoms with Crippen LogP contribution < -0.4 is 0 Å². The van der Waals surface area contributed by atoms with Crippen LogP contribution in [-0.2, 0) is 17.6 Å². The fourth-order valence-electron chi connectivity index (χ4n) is 3.00. The SMILES string of the molecule is CN(C(=O)[C@@H](O)c1cccc(Cl)c1)C1Cc2ccccc2C1. The summed E-state index contributed by atoms with van der Waals surface area (Å²) < 4.78 is 0. The van der Waals surface area contributed by atoms with E-state index >= 15 is 0 Å². The highest BCUT2D eigenvalue weighted by atomic mass is 35.5. The molecule has 1 aliphatic carbocycles. The number of fused-ring (bicyclic) bond motifs is 1. The quantitative estimate of drug-likeness (QED) is 0.946. The van der Waals surface area contributed by atoms with Crippen molar-refractivity contribution in [2.75, 3.05) is 7.05 Å². The second kappa shape index (κ2) is 6.11. The lowest BCUT2D eigenvalue weighted by Gasteiger charge is -2.27. The molecule has 0 heterocycles. The van der Waals surface area contributed by atoms with Gasteiger partial charge in [0.25, 0.3) is 5.91 Å². The Labute approximate surface area is 135 Å². The zero-order valence-corrected chi connectivity index (χ0v) is 13.1. The summed E-state index contributed by atoms with van der Waals surface area (Å²) in [6.45, 7) is 0. The van der Waals surface area contributed by atoms with Gasteiger partial charge in [-0.25, -0.2) is 0 Å². The Balaban J connectivity index is 1.73. The van der Waals surface area contributed by atoms with Gasteiger partial charge in [-0.15, -0.1) is 0 Å². The van der Waals surface area contributed by atoms with Crippen LogP contribution in [0, 0.1) is 0 Å². The van der Waals surface area contributed by atoms with Crippen molar-refractivity contribution < 1.29 is 9.90 Å². The van der Waals surface area contributed by atoms with Crippen LogP contribution in [0.5, 0.6) is 0 Å². The van der Waals surface area contributed by atoms with Gasteiger partial charge >= 0.3 is 0 Å². The maximum Gasteiger partial charge on any atom is 0.256 e. The summed E-state index contributed by atoms with van der Waals surface area (Å²) in [5.74, 6) is -0.292. The van der Waals surface area contributed by atoms with E-state index in [1.165, 1.54) is 11.1 Å². The van der Waals surface area contributed by atoms with Crippen LogP contribution >= 0.6 is 11.6 Å². The third-order valence-electron chi connectivity index (χ3n) is 4.32. The normalized spacial score (nSPS) is 15.4. The lowest BCUT2D eigenvalue weighted by atomic mass is 10.1. The van der Waals surface area contributed by atoms with Crippen molar-refractivity contribution in [3.05, 3.63) is 70.2 Å². The van der Waals surface area contributed by atoms with Gasteiger partial charge in [-0.05, 0) is 41.7 Å². The molecule has 0 bridgehead atoms. The summed E-state index contributed by atoms with van der Waals surface area (Å²) >= 11 is 5.93. The predicted molar refractivity (Wildman–Crippen MR) is 86.8 cm³/mol. The maximum atomic E-state index is 12.5. The van der Waals surface area contributed by atoms with Gasteiger partial charge in [0.2, 0.25) is 0 Å². The van der Waals surface area contributed by atoms with E-state index in [0.717, 1.165) is 12.8 Å². The summed E-state index contributed by atoms with van der Waals surface area (Å²) in [5.41, 5.74) is 3.09. The standard InChI is InChI=1S/C18H18ClNO2/c1-20(16-10-12-5-2-3-6-13(12)11-16)18(22)17(21)14-7-4-8-15(19)9-14/h2-9,16-17,21H,10-11H2,1H3/t17-/m0/s1. The smallest absolute Gasteiger partial charge is 0.256 e. The number of nitrogens with zero attached hydrogens (tertiary/aromatic N) is 1. The summed E-state index contributed by atoms with van der Waals surface area (Å²) in [5, 5.41) is 10.8. The molecule has 0 aromatic heterocycles. The Bertz CT molecular complexity index is 676. The van der Waals surface area contributed by atoms with E-state index < -0.39 is 6.10 Å². The molecule has 0 saturated carbocycles. The van der Waals surface area contributed by atoms with E-state index in [0.29, 0.717) is 10.6 Å². The molecule has 0 saturated heterocycles. The van der Waals surface area contributed by atoms with E-state index in [1.807, 2.05) is 12.1 Å². The van der Waals surface area contributed by atoms with Gasteiger partial charge in [0.15, 0.2) is 6.10 Å². The van der Waals surface area contributed by atoms with Crippen LogP contribution in [0.25, 0.3) is 0 Å². The molecule has 1 aliphatic rings. The van der Waals surface area contributed by atoms with Crippen molar-refractivity contribution in [3.8, 4) is 0 Å². The molecule has 0 radical (unpaired) electrons. The van der Waals surface area contributed by atoms with Crippen molar-refractivity contribution in [2.24, 2.45) is 0 Å². The lowest BCUT2D eigenvalue weighted by molar-refractivity contribution is -0.141. The molecule has 2 aromatic rings. The number of likely N-dealkylation sites (N-methyl/N-ethyl adjacent to an activating group) is 1. The summed E-state index contributed by atoms with van der Waals surface area (Å²) in [4.78, 5) is 14.2. The summed E-state index contributed by atoms with van der Waals surface area (Å²) in [6, 6.07) is 15.1. The zero-order chi connectivity index (χ0) is 15.7. The number of carbonyl (C=O) groups excluding carboxylic acids is 1. The Morgan fingerprint density at radius 2 is 1.82 bits per heavy atom. The highest BCUT2D eigenvalue weighted by Crippen LogP contribution is 2.27. The zero-order valence-electron chi connectivity index (χ0n) is 12.4. The molecule has 4 heteroatoms. The van der Waals surface area contributed by atoms with E-state index in [4.69, 9.17) is 11.6 Å². The lowest BCUT2D eigenvalue weighted by Crippen LogP contribution is -2.40. The van der Waals surface area contributed by atoms with Crippen molar-refractivity contribution in [1.82, 2.24) is 4.90 Å². The predicted octanol–water partition coefficient (Wildman–Crippen LogP) is 3.00. The number of aliphatic hydroxyl groups is 1. The Kier molecular flexibility index (Phi) is 4.19. The molecule has 2 aromatic carbocycles. The molecular weight excluding hydrogens is 298 g/mol. The number of aliphatic hydroxyl groups excluding tert-OH is 1. The van der Waals surface area contributed by atoms with Crippen LogP contribution in [0.4, 0.5) is 0 Å². The first-order valence-corrected chi connectivity index (χ1v) is 7.71. The number of hydrogen-bond donors (Lipinski definition) is 1. The van der Waals surface area contributed by atoms with E-state index in [1.54, 1.807) is 36.2 Å². The van der Waals surface area contributed by atoms with Gasteiger partial charge in [0, 0.05) is 18.1 Å². The largest absolute Gasteiger partial charge is 0.378 e. The third-order valence-corrected chi connectivity index (χ3v) is 4.56. The maximum absolute atomic E-state index is 12.5. The molecule has 114 valence electrons. The monoisotopic (exact) mass is 315 g/mol. The molecule has 0 spiro atoms. The highest BCUT2D eigenvalue weighted by Gasteiger charge is 2.30. The van der Waals surface area contributed by atoms with Crippen LogP contribution in [0.3, 0.4) is 0 Å². The molecule has 1 N–H and O–H groups in total. The topological polar surface area (TPSA) is 40.5 Å². The van der Waals surface area contributed by atoms with Crippen molar-refractivity contribution >= 4 is 17.5 Å². The Morgan fingerprint density at radius 3 is 2.41 bits per heavy atom. The minimum atomic E-state index is -1.17. The number of amides is 1. The first kappa shape index (κ1) is 15.1. The van der Waals surface area contributed by atoms with Crippen molar-refractivity contribution in [2.45, 2.75) is 25.0 Å². The average Bonchev–Trinajstić information content (AvgIpc) is 2.96. The van der Waals surface area contributed by atoms with Crippen molar-refractivity contribution in [3.63, 3.8) is 0 Å². The number of hydrogen-bond acceptors (Lipinski definition) is 2. The van der Waals surface area contributed by atoms with Gasteiger partial charge in [0.1, 0.15) is 0 Å². The van der Waals surface area contributed by atoms with Crippen LogP contribution in [0.2, 0.25) is 5.02 Å². The molecule has 0 unspecified atom stereocenters. The molecule has 3 rings (SSSR count). The van der Waals surface area contributed by atoms with E-state index in [9.17, 15) is 9.90 Å². The summed E-state index contributed by atoms with van der Waals surface area (Å²) in [6.07, 6.45) is 0.494. The number of rotatable bonds is 3. The fourth-order valence-corrected chi connectivity index (χ4v) is 3.20. The van der Waals surface area contributed by atoms with Crippen molar-refractivity contribution in [1.29, 1.82) is 0 Å². The molecule has 1 amide bonds. The van der Waals surface area contributed by atoms with Crippen LogP contribution in [0.1, 0.15) is 22.8 Å². The molecule has 0 aliphatic heterocycles. The molecule has 0 fully saturated rings. The van der Waals surface area contributed by atoms with Gasteiger partial charge in [0.05, 0.1) is 0 Å². The Hall–Kier alpha value is -1.84. The molecule has 1 atom stereocenters. The minimum absolute atomic E-state index is 0.0961. The number of carbonyl (C=O) groups is 1. The minimum Gasteiger partial charge on any atom is -0.378 e. The number of halogens is 1. The van der Waals surface area contributed by atoms with Gasteiger partial charge in [-0.3, -0.25) is 4.79 Å². The van der Waals surface area contributed by atoms with Gasteiger partial charge < -0.3 is 10.0 Å². The second-order valence-electron chi connectivity index (χ2n) is 5.74. The number of benzene rings is 2. The average molecular weight is 316 g/mol. The van der Waals surface area contributed by atoms with Crippen LogP contribution in [-0.4, -0.2) is 29.0 Å². The van der Waals surface area contributed by atoms with Gasteiger partial charge in [-0.2, -0.15) is 0 Å².